The highest BCUT2D eigenvalue weighted by molar-refractivity contribution is 5.92. The van der Waals surface area contributed by atoms with Crippen molar-refractivity contribution < 1.29 is 4.74 Å². The van der Waals surface area contributed by atoms with Crippen LogP contribution in [0, 0.1) is 0 Å². The van der Waals surface area contributed by atoms with Crippen molar-refractivity contribution >= 4 is 11.6 Å². The Kier molecular flexibility index (Phi) is 6.05. The molecule has 0 saturated heterocycles. The van der Waals surface area contributed by atoms with Crippen LogP contribution in [0.4, 0.5) is 5.69 Å². The molecular formula is C24H23N5O. The number of guanidine groups is 1. The smallest absolute Gasteiger partial charge is 0.193 e. The third-order valence-electron chi connectivity index (χ3n) is 4.46. The molecule has 1 heterocycles. The molecule has 6 heteroatoms. The Hall–Kier alpha value is -4.06. The van der Waals surface area contributed by atoms with E-state index in [1.807, 2.05) is 71.7 Å². The number of hydrogen-bond acceptors (Lipinski definition) is 3. The number of anilines is 1. The Labute approximate surface area is 175 Å². The summed E-state index contributed by atoms with van der Waals surface area (Å²) < 4.78 is 7.88. The molecule has 4 aromatic rings. The summed E-state index contributed by atoms with van der Waals surface area (Å²) in [5.74, 6) is 1.87. The minimum Gasteiger partial charge on any atom is -0.457 e. The van der Waals surface area contributed by atoms with E-state index in [9.17, 15) is 0 Å². The molecule has 0 aliphatic carbocycles. The number of benzene rings is 3. The highest BCUT2D eigenvalue weighted by atomic mass is 16.5. The molecule has 0 aliphatic rings. The molecule has 0 bridgehead atoms. The summed E-state index contributed by atoms with van der Waals surface area (Å²) in [4.78, 5) is 8.50. The quantitative estimate of drug-likeness (QED) is 0.351. The molecule has 150 valence electrons. The van der Waals surface area contributed by atoms with E-state index in [-0.39, 0.29) is 0 Å². The lowest BCUT2D eigenvalue weighted by atomic mass is 10.1. The van der Waals surface area contributed by atoms with Crippen molar-refractivity contribution in [1.29, 1.82) is 0 Å². The summed E-state index contributed by atoms with van der Waals surface area (Å²) in [7, 11) is 0. The van der Waals surface area contributed by atoms with E-state index in [1.54, 1.807) is 6.20 Å². The Morgan fingerprint density at radius 2 is 1.70 bits per heavy atom. The van der Waals surface area contributed by atoms with Crippen LogP contribution in [-0.2, 0) is 13.1 Å². The lowest BCUT2D eigenvalue weighted by Gasteiger charge is -2.09. The molecule has 0 radical (unpaired) electrons. The van der Waals surface area contributed by atoms with E-state index >= 15 is 0 Å². The number of nitrogens with zero attached hydrogens (tertiary/aromatic N) is 3. The summed E-state index contributed by atoms with van der Waals surface area (Å²) in [6.45, 7) is 1.30. The number of imidazole rings is 1. The van der Waals surface area contributed by atoms with Crippen LogP contribution >= 0.6 is 0 Å². The van der Waals surface area contributed by atoms with Crippen molar-refractivity contribution in [2.45, 2.75) is 13.1 Å². The zero-order valence-corrected chi connectivity index (χ0v) is 16.5. The number of nitrogens with one attached hydrogen (secondary N) is 1. The molecule has 0 amide bonds. The summed E-state index contributed by atoms with van der Waals surface area (Å²) in [6, 6.07) is 25.6. The van der Waals surface area contributed by atoms with Gasteiger partial charge in [0, 0.05) is 30.7 Å². The van der Waals surface area contributed by atoms with Gasteiger partial charge in [0.05, 0.1) is 12.9 Å². The lowest BCUT2D eigenvalue weighted by Crippen LogP contribution is -2.22. The van der Waals surface area contributed by atoms with Crippen molar-refractivity contribution in [3.63, 3.8) is 0 Å². The van der Waals surface area contributed by atoms with Crippen LogP contribution in [0.1, 0.15) is 11.1 Å². The standard InChI is InChI=1S/C24H23N5O/c25-24(27-16-19-9-11-20(12-10-19)17-29-14-13-26-18-29)28-21-5-4-8-23(15-21)30-22-6-2-1-3-7-22/h1-15,18H,16-17H2,(H3,25,27,28). The fourth-order valence-electron chi connectivity index (χ4n) is 2.97. The van der Waals surface area contributed by atoms with Gasteiger partial charge in [0.2, 0.25) is 0 Å². The summed E-state index contributed by atoms with van der Waals surface area (Å²) >= 11 is 0. The second-order valence-corrected chi connectivity index (χ2v) is 6.82. The van der Waals surface area contributed by atoms with Gasteiger partial charge in [-0.15, -0.1) is 0 Å². The van der Waals surface area contributed by atoms with E-state index in [2.05, 4.69) is 39.6 Å². The zero-order valence-electron chi connectivity index (χ0n) is 16.5. The summed E-state index contributed by atoms with van der Waals surface area (Å²) in [5, 5.41) is 3.12. The van der Waals surface area contributed by atoms with Gasteiger partial charge in [-0.05, 0) is 35.4 Å². The van der Waals surface area contributed by atoms with E-state index < -0.39 is 0 Å². The third-order valence-corrected chi connectivity index (χ3v) is 4.46. The van der Waals surface area contributed by atoms with E-state index in [1.165, 1.54) is 5.56 Å². The number of hydrogen-bond donors (Lipinski definition) is 2. The van der Waals surface area contributed by atoms with Gasteiger partial charge in [-0.25, -0.2) is 9.98 Å². The van der Waals surface area contributed by atoms with Crippen LogP contribution in [0.5, 0.6) is 11.5 Å². The topological polar surface area (TPSA) is 77.5 Å². The molecule has 1 aromatic heterocycles. The molecule has 0 saturated carbocycles. The second-order valence-electron chi connectivity index (χ2n) is 6.82. The Morgan fingerprint density at radius 1 is 0.933 bits per heavy atom. The van der Waals surface area contributed by atoms with Crippen molar-refractivity contribution in [1.82, 2.24) is 9.55 Å². The Morgan fingerprint density at radius 3 is 2.47 bits per heavy atom. The van der Waals surface area contributed by atoms with E-state index in [0.29, 0.717) is 12.5 Å². The predicted molar refractivity (Wildman–Crippen MR) is 120 cm³/mol. The normalized spacial score (nSPS) is 11.3. The SMILES string of the molecule is NC(=NCc1ccc(Cn2ccnc2)cc1)Nc1cccc(Oc2ccccc2)c1. The van der Waals surface area contributed by atoms with Crippen molar-refractivity contribution in [2.75, 3.05) is 5.32 Å². The molecule has 0 aliphatic heterocycles. The van der Waals surface area contributed by atoms with E-state index in [0.717, 1.165) is 29.3 Å². The average molecular weight is 397 g/mol. The van der Waals surface area contributed by atoms with Crippen LogP contribution in [0.15, 0.2) is 103 Å². The maximum absolute atomic E-state index is 6.06. The van der Waals surface area contributed by atoms with Crippen molar-refractivity contribution in [3.05, 3.63) is 109 Å². The van der Waals surface area contributed by atoms with Gasteiger partial charge in [-0.1, -0.05) is 48.5 Å². The molecular weight excluding hydrogens is 374 g/mol. The summed E-state index contributed by atoms with van der Waals surface area (Å²) in [6.07, 6.45) is 5.54. The van der Waals surface area contributed by atoms with Crippen LogP contribution in [-0.4, -0.2) is 15.5 Å². The minimum atomic E-state index is 0.356. The third kappa shape index (κ3) is 5.48. The maximum Gasteiger partial charge on any atom is 0.193 e. The lowest BCUT2D eigenvalue weighted by molar-refractivity contribution is 0.483. The maximum atomic E-state index is 6.06. The second kappa shape index (κ2) is 9.43. The Balaban J connectivity index is 1.33. The molecule has 4 rings (SSSR count). The zero-order chi connectivity index (χ0) is 20.6. The molecule has 0 atom stereocenters. The van der Waals surface area contributed by atoms with Gasteiger partial charge in [0.15, 0.2) is 5.96 Å². The van der Waals surface area contributed by atoms with Gasteiger partial charge in [-0.3, -0.25) is 0 Å². The highest BCUT2D eigenvalue weighted by Crippen LogP contribution is 2.23. The number of nitrogens with two attached hydrogens (primary N) is 1. The largest absolute Gasteiger partial charge is 0.457 e. The number of rotatable bonds is 7. The van der Waals surface area contributed by atoms with Crippen LogP contribution in [0.25, 0.3) is 0 Å². The molecule has 0 unspecified atom stereocenters. The number of para-hydroxylation sites is 1. The summed E-state index contributed by atoms with van der Waals surface area (Å²) in [5.41, 5.74) is 9.19. The number of aliphatic imine (C=N–C) groups is 1. The van der Waals surface area contributed by atoms with Crippen LogP contribution < -0.4 is 15.8 Å². The first-order valence-electron chi connectivity index (χ1n) is 9.68. The molecule has 3 aromatic carbocycles. The number of ether oxygens (including phenoxy) is 1. The molecule has 6 nitrogen and oxygen atoms in total. The first-order valence-corrected chi connectivity index (χ1v) is 9.68. The first kappa shape index (κ1) is 19.3. The number of aromatic nitrogens is 2. The van der Waals surface area contributed by atoms with Crippen LogP contribution in [0.3, 0.4) is 0 Å². The van der Waals surface area contributed by atoms with Gasteiger partial charge in [0.25, 0.3) is 0 Å². The van der Waals surface area contributed by atoms with Crippen molar-refractivity contribution in [2.24, 2.45) is 10.7 Å². The molecule has 30 heavy (non-hydrogen) atoms. The average Bonchev–Trinajstić information content (AvgIpc) is 3.27. The monoisotopic (exact) mass is 397 g/mol. The van der Waals surface area contributed by atoms with Gasteiger partial charge in [-0.2, -0.15) is 0 Å². The fraction of sp³-hybridized carbons (Fsp3) is 0.0833. The van der Waals surface area contributed by atoms with Gasteiger partial charge >= 0.3 is 0 Å². The van der Waals surface area contributed by atoms with E-state index in [4.69, 9.17) is 10.5 Å². The van der Waals surface area contributed by atoms with Gasteiger partial charge < -0.3 is 20.4 Å². The Bertz CT molecular complexity index is 1090. The fourth-order valence-corrected chi connectivity index (χ4v) is 2.97. The van der Waals surface area contributed by atoms with Crippen LogP contribution in [0.2, 0.25) is 0 Å². The molecule has 3 N–H and O–H groups in total. The minimum absolute atomic E-state index is 0.356. The predicted octanol–water partition coefficient (Wildman–Crippen LogP) is 4.65. The first-order chi connectivity index (χ1) is 14.7. The molecule has 0 spiro atoms. The highest BCUT2D eigenvalue weighted by Gasteiger charge is 2.01. The molecule has 0 fully saturated rings. The van der Waals surface area contributed by atoms with Crippen molar-refractivity contribution in [3.8, 4) is 11.5 Å². The van der Waals surface area contributed by atoms with Gasteiger partial charge in [0.1, 0.15) is 11.5 Å².